The third kappa shape index (κ3) is 1.62. The van der Waals surface area contributed by atoms with Crippen LogP contribution in [-0.2, 0) is 14.3 Å². The van der Waals surface area contributed by atoms with Gasteiger partial charge in [0.1, 0.15) is 0 Å². The van der Waals surface area contributed by atoms with E-state index < -0.39 is 28.0 Å². The molecule has 2 bridgehead atoms. The summed E-state index contributed by atoms with van der Waals surface area (Å²) in [5, 5.41) is 10.7. The molecule has 3 aliphatic rings. The Labute approximate surface area is 131 Å². The summed E-state index contributed by atoms with van der Waals surface area (Å²) in [6.45, 7) is 3.62. The number of rotatable bonds is 2. The summed E-state index contributed by atoms with van der Waals surface area (Å²) in [7, 11) is 0. The first-order chi connectivity index (χ1) is 10.8. The van der Waals surface area contributed by atoms with Gasteiger partial charge < -0.3 is 4.74 Å². The zero-order valence-electron chi connectivity index (χ0n) is 12.6. The average Bonchev–Trinajstić information content (AvgIpc) is 3.04. The van der Waals surface area contributed by atoms with Crippen LogP contribution in [-0.4, -0.2) is 27.9 Å². The molecule has 3 aliphatic heterocycles. The molecule has 1 aromatic carbocycles. The lowest BCUT2D eigenvalue weighted by Gasteiger charge is -2.25. The Balaban J connectivity index is 1.75. The molecule has 2 amide bonds. The van der Waals surface area contributed by atoms with Gasteiger partial charge >= 0.3 is 0 Å². The van der Waals surface area contributed by atoms with Crippen LogP contribution in [0.2, 0.25) is 0 Å². The number of non-ortho nitro benzene ring substituents is 1. The highest BCUT2D eigenvalue weighted by molar-refractivity contribution is 6.23. The average molecular weight is 314 g/mol. The molecule has 4 rings (SSSR count). The Bertz CT molecular complexity index is 750. The lowest BCUT2D eigenvalue weighted by Crippen LogP contribution is -2.39. The first-order valence-corrected chi connectivity index (χ1v) is 7.30. The molecule has 1 aromatic rings. The molecule has 0 saturated carbocycles. The number of carbonyl (C=O) groups excluding carboxylic acids is 2. The Morgan fingerprint density at radius 2 is 1.52 bits per heavy atom. The molecule has 0 radical (unpaired) electrons. The molecule has 3 heterocycles. The number of anilines is 1. The van der Waals surface area contributed by atoms with Crippen molar-refractivity contribution in [2.45, 2.75) is 25.0 Å². The van der Waals surface area contributed by atoms with Gasteiger partial charge in [0.05, 0.1) is 33.6 Å². The largest absolute Gasteiger partial charge is 0.359 e. The van der Waals surface area contributed by atoms with Crippen LogP contribution < -0.4 is 4.90 Å². The third-order valence-electron chi connectivity index (χ3n) is 5.05. The number of hydrogen-bond donors (Lipinski definition) is 0. The number of hydrogen-bond acceptors (Lipinski definition) is 5. The zero-order valence-corrected chi connectivity index (χ0v) is 12.6. The number of benzene rings is 1. The van der Waals surface area contributed by atoms with E-state index in [2.05, 4.69) is 0 Å². The first kappa shape index (κ1) is 14.1. The van der Waals surface area contributed by atoms with Crippen LogP contribution in [0, 0.1) is 22.0 Å². The number of nitro benzene ring substituents is 1. The SMILES string of the molecule is C[C@@]12C=C[C@](C)(O1)[C@H]1C(=O)N(c3ccc([N+](=O)[O-])cc3)C(=O)[C@H]12. The number of fused-ring (bicyclic) bond motifs is 5. The Kier molecular flexibility index (Phi) is 2.48. The van der Waals surface area contributed by atoms with E-state index >= 15 is 0 Å². The van der Waals surface area contributed by atoms with E-state index in [1.54, 1.807) is 0 Å². The standard InChI is InChI=1S/C16H14N2O5/c1-15-7-8-16(2,23-15)12-11(15)13(19)17(14(12)20)9-3-5-10(6-4-9)18(21)22/h3-8,11-12H,1-2H3/t11-,12+,15-,16-/m0/s1. The second-order valence-electron chi connectivity index (χ2n) is 6.54. The van der Waals surface area contributed by atoms with Crippen molar-refractivity contribution in [1.82, 2.24) is 0 Å². The molecule has 0 N–H and O–H groups in total. The lowest BCUT2D eigenvalue weighted by atomic mass is 9.73. The van der Waals surface area contributed by atoms with Crippen molar-refractivity contribution in [2.24, 2.45) is 11.8 Å². The van der Waals surface area contributed by atoms with E-state index in [1.165, 1.54) is 24.3 Å². The molecule has 0 aromatic heterocycles. The van der Waals surface area contributed by atoms with E-state index in [-0.39, 0.29) is 17.5 Å². The molecule has 7 heteroatoms. The minimum absolute atomic E-state index is 0.0861. The monoisotopic (exact) mass is 314 g/mol. The van der Waals surface area contributed by atoms with Gasteiger partial charge in [-0.25, -0.2) is 4.90 Å². The van der Waals surface area contributed by atoms with Crippen molar-refractivity contribution < 1.29 is 19.2 Å². The highest BCUT2D eigenvalue weighted by atomic mass is 16.6. The molecule has 0 aliphatic carbocycles. The highest BCUT2D eigenvalue weighted by Gasteiger charge is 2.70. The molecular formula is C16H14N2O5. The molecular weight excluding hydrogens is 300 g/mol. The smallest absolute Gasteiger partial charge is 0.269 e. The minimum Gasteiger partial charge on any atom is -0.359 e. The van der Waals surface area contributed by atoms with Crippen LogP contribution >= 0.6 is 0 Å². The van der Waals surface area contributed by atoms with Crippen LogP contribution in [0.4, 0.5) is 11.4 Å². The molecule has 23 heavy (non-hydrogen) atoms. The van der Waals surface area contributed by atoms with Gasteiger partial charge in [0, 0.05) is 12.1 Å². The van der Waals surface area contributed by atoms with Gasteiger partial charge in [-0.3, -0.25) is 19.7 Å². The number of carbonyl (C=O) groups is 2. The Morgan fingerprint density at radius 3 is 1.96 bits per heavy atom. The maximum Gasteiger partial charge on any atom is 0.269 e. The minimum atomic E-state index is -0.776. The predicted octanol–water partition coefficient (Wildman–Crippen LogP) is 1.82. The molecule has 4 atom stereocenters. The van der Waals surface area contributed by atoms with Crippen LogP contribution in [0.25, 0.3) is 0 Å². The van der Waals surface area contributed by atoms with Crippen molar-refractivity contribution in [3.63, 3.8) is 0 Å². The maximum absolute atomic E-state index is 12.8. The fourth-order valence-electron chi connectivity index (χ4n) is 4.01. The molecule has 2 saturated heterocycles. The van der Waals surface area contributed by atoms with Crippen LogP contribution in [0.15, 0.2) is 36.4 Å². The van der Waals surface area contributed by atoms with E-state index in [0.717, 1.165) is 4.90 Å². The summed E-state index contributed by atoms with van der Waals surface area (Å²) < 4.78 is 5.92. The van der Waals surface area contributed by atoms with Gasteiger partial charge in [-0.2, -0.15) is 0 Å². The Hall–Kier alpha value is -2.54. The number of amides is 2. The number of nitro groups is 1. The van der Waals surface area contributed by atoms with E-state index in [4.69, 9.17) is 4.74 Å². The Morgan fingerprint density at radius 1 is 1.04 bits per heavy atom. The van der Waals surface area contributed by atoms with Crippen molar-refractivity contribution in [2.75, 3.05) is 4.90 Å². The fraction of sp³-hybridized carbons (Fsp3) is 0.375. The van der Waals surface area contributed by atoms with Crippen LogP contribution in [0.3, 0.4) is 0 Å². The number of ether oxygens (including phenoxy) is 1. The zero-order chi connectivity index (χ0) is 16.6. The van der Waals surface area contributed by atoms with E-state index in [1.807, 2.05) is 26.0 Å². The summed E-state index contributed by atoms with van der Waals surface area (Å²) in [4.78, 5) is 37.0. The quantitative estimate of drug-likeness (QED) is 0.359. The van der Waals surface area contributed by atoms with Crippen LogP contribution in [0.5, 0.6) is 0 Å². The number of nitrogens with zero attached hydrogens (tertiary/aromatic N) is 2. The highest BCUT2D eigenvalue weighted by Crippen LogP contribution is 2.57. The van der Waals surface area contributed by atoms with Crippen molar-refractivity contribution in [3.8, 4) is 0 Å². The van der Waals surface area contributed by atoms with Gasteiger partial charge in [0.25, 0.3) is 5.69 Å². The van der Waals surface area contributed by atoms with Crippen molar-refractivity contribution in [3.05, 3.63) is 46.5 Å². The van der Waals surface area contributed by atoms with Crippen LogP contribution in [0.1, 0.15) is 13.8 Å². The lowest BCUT2D eigenvalue weighted by molar-refractivity contribution is -0.384. The second kappa shape index (κ2) is 4.05. The fourth-order valence-corrected chi connectivity index (χ4v) is 4.01. The van der Waals surface area contributed by atoms with Gasteiger partial charge in [-0.05, 0) is 26.0 Å². The van der Waals surface area contributed by atoms with E-state index in [0.29, 0.717) is 5.69 Å². The maximum atomic E-state index is 12.8. The van der Waals surface area contributed by atoms with E-state index in [9.17, 15) is 19.7 Å². The number of imide groups is 1. The van der Waals surface area contributed by atoms with Gasteiger partial charge in [-0.15, -0.1) is 0 Å². The first-order valence-electron chi connectivity index (χ1n) is 7.30. The van der Waals surface area contributed by atoms with Gasteiger partial charge in [0.15, 0.2) is 0 Å². The second-order valence-corrected chi connectivity index (χ2v) is 6.54. The topological polar surface area (TPSA) is 89.8 Å². The van der Waals surface area contributed by atoms with Crippen molar-refractivity contribution >= 4 is 23.2 Å². The summed E-state index contributed by atoms with van der Waals surface area (Å²) in [5.41, 5.74) is -1.28. The normalized spacial score (nSPS) is 37.6. The molecule has 7 nitrogen and oxygen atoms in total. The summed E-state index contributed by atoms with van der Waals surface area (Å²) in [6, 6.07) is 5.43. The summed E-state index contributed by atoms with van der Waals surface area (Å²) in [5.74, 6) is -1.74. The molecule has 2 fully saturated rings. The third-order valence-corrected chi connectivity index (χ3v) is 5.05. The van der Waals surface area contributed by atoms with Gasteiger partial charge in [0.2, 0.25) is 11.8 Å². The molecule has 118 valence electrons. The van der Waals surface area contributed by atoms with Gasteiger partial charge in [-0.1, -0.05) is 12.2 Å². The predicted molar refractivity (Wildman–Crippen MR) is 79.6 cm³/mol. The van der Waals surface area contributed by atoms with Crippen molar-refractivity contribution in [1.29, 1.82) is 0 Å². The molecule has 0 unspecified atom stereocenters. The summed E-state index contributed by atoms with van der Waals surface area (Å²) >= 11 is 0. The molecule has 0 spiro atoms. The summed E-state index contributed by atoms with van der Waals surface area (Å²) in [6.07, 6.45) is 3.69.